The lowest BCUT2D eigenvalue weighted by Crippen LogP contribution is -2.06. The first-order chi connectivity index (χ1) is 6.11. The monoisotopic (exact) mass is 196 g/mol. The maximum absolute atomic E-state index is 6.17. The average molecular weight is 197 g/mol. The van der Waals surface area contributed by atoms with Crippen molar-refractivity contribution in [1.29, 1.82) is 0 Å². The van der Waals surface area contributed by atoms with Gasteiger partial charge in [-0.15, -0.1) is 0 Å². The average Bonchev–Trinajstić information content (AvgIpc) is 2.45. The number of nitrogen functional groups attached to an aromatic ring is 1. The number of nitrogens with two attached hydrogens (primary N) is 2. The second kappa shape index (κ2) is 2.89. The second-order valence-electron chi connectivity index (χ2n) is 3.62. The molecule has 0 unspecified atom stereocenters. The number of hydrogen-bond acceptors (Lipinski definition) is 2. The molecule has 0 spiro atoms. The van der Waals surface area contributed by atoms with E-state index in [1.807, 2.05) is 13.0 Å². The minimum Gasteiger partial charge on any atom is -0.398 e. The predicted octanol–water partition coefficient (Wildman–Crippen LogP) is 2.18. The third-order valence-electron chi connectivity index (χ3n) is 2.79. The van der Waals surface area contributed by atoms with Gasteiger partial charge < -0.3 is 11.5 Å². The number of rotatable bonds is 0. The van der Waals surface area contributed by atoms with Crippen molar-refractivity contribution in [3.63, 3.8) is 0 Å². The van der Waals surface area contributed by atoms with E-state index < -0.39 is 0 Å². The molecular formula is C10H13ClN2. The molecule has 0 radical (unpaired) electrons. The fourth-order valence-electron chi connectivity index (χ4n) is 1.88. The quantitative estimate of drug-likeness (QED) is 0.625. The Morgan fingerprint density at radius 3 is 2.92 bits per heavy atom. The summed E-state index contributed by atoms with van der Waals surface area (Å²) >= 11 is 6.17. The Kier molecular flexibility index (Phi) is 1.97. The van der Waals surface area contributed by atoms with E-state index in [0.717, 1.165) is 34.7 Å². The first kappa shape index (κ1) is 8.85. The Labute approximate surface area is 82.9 Å². The standard InChI is InChI=1S/C10H13ClN2/c1-5-9(13)4-7-6(10(5)11)2-3-8(7)12/h4,8H,2-3,12-13H2,1H3/t8-/m0/s1. The van der Waals surface area contributed by atoms with Crippen molar-refractivity contribution in [2.75, 3.05) is 5.73 Å². The van der Waals surface area contributed by atoms with Gasteiger partial charge in [-0.3, -0.25) is 0 Å². The Hall–Kier alpha value is -0.730. The molecule has 70 valence electrons. The molecular weight excluding hydrogens is 184 g/mol. The lowest BCUT2D eigenvalue weighted by Gasteiger charge is -2.10. The molecule has 4 N–H and O–H groups in total. The summed E-state index contributed by atoms with van der Waals surface area (Å²) in [6.07, 6.45) is 1.97. The molecule has 2 nitrogen and oxygen atoms in total. The molecule has 1 aromatic rings. The van der Waals surface area contributed by atoms with Gasteiger partial charge in [0.1, 0.15) is 0 Å². The summed E-state index contributed by atoms with van der Waals surface area (Å²) in [5.41, 5.74) is 15.8. The third kappa shape index (κ3) is 1.21. The van der Waals surface area contributed by atoms with Crippen LogP contribution in [-0.2, 0) is 6.42 Å². The Morgan fingerprint density at radius 1 is 1.54 bits per heavy atom. The van der Waals surface area contributed by atoms with E-state index >= 15 is 0 Å². The van der Waals surface area contributed by atoms with E-state index in [4.69, 9.17) is 23.1 Å². The van der Waals surface area contributed by atoms with E-state index in [0.29, 0.717) is 0 Å². The number of halogens is 1. The van der Waals surface area contributed by atoms with Crippen molar-refractivity contribution in [3.8, 4) is 0 Å². The second-order valence-corrected chi connectivity index (χ2v) is 4.00. The van der Waals surface area contributed by atoms with Gasteiger partial charge in [0.2, 0.25) is 0 Å². The highest BCUT2D eigenvalue weighted by Crippen LogP contribution is 2.38. The first-order valence-electron chi connectivity index (χ1n) is 4.44. The summed E-state index contributed by atoms with van der Waals surface area (Å²) in [6.45, 7) is 1.95. The van der Waals surface area contributed by atoms with Crippen molar-refractivity contribution in [1.82, 2.24) is 0 Å². The number of hydrogen-bond donors (Lipinski definition) is 2. The van der Waals surface area contributed by atoms with Gasteiger partial charge in [-0.05, 0) is 42.5 Å². The van der Waals surface area contributed by atoms with Crippen molar-refractivity contribution in [2.24, 2.45) is 5.73 Å². The van der Waals surface area contributed by atoms with Gasteiger partial charge in [0, 0.05) is 16.8 Å². The van der Waals surface area contributed by atoms with Crippen molar-refractivity contribution in [2.45, 2.75) is 25.8 Å². The lowest BCUT2D eigenvalue weighted by molar-refractivity contribution is 0.713. The molecule has 0 amide bonds. The van der Waals surface area contributed by atoms with Gasteiger partial charge in [0.15, 0.2) is 0 Å². The van der Waals surface area contributed by atoms with Crippen LogP contribution in [0.4, 0.5) is 5.69 Å². The minimum atomic E-state index is 0.121. The molecule has 1 aliphatic carbocycles. The smallest absolute Gasteiger partial charge is 0.0491 e. The number of benzene rings is 1. The SMILES string of the molecule is Cc1c(N)cc2c(c1Cl)CC[C@@H]2N. The fourth-order valence-corrected chi connectivity index (χ4v) is 2.20. The summed E-state index contributed by atoms with van der Waals surface area (Å²) in [5.74, 6) is 0. The Bertz CT molecular complexity index is 360. The normalized spacial score (nSPS) is 20.4. The molecule has 1 atom stereocenters. The van der Waals surface area contributed by atoms with Crippen LogP contribution in [0.5, 0.6) is 0 Å². The van der Waals surface area contributed by atoms with E-state index in [-0.39, 0.29) is 6.04 Å². The highest BCUT2D eigenvalue weighted by molar-refractivity contribution is 6.32. The zero-order valence-corrected chi connectivity index (χ0v) is 8.36. The predicted molar refractivity (Wildman–Crippen MR) is 55.9 cm³/mol. The number of fused-ring (bicyclic) bond motifs is 1. The molecule has 0 saturated heterocycles. The molecule has 0 bridgehead atoms. The van der Waals surface area contributed by atoms with Gasteiger partial charge in [-0.25, -0.2) is 0 Å². The lowest BCUT2D eigenvalue weighted by atomic mass is 10.0. The molecule has 0 fully saturated rings. The molecule has 0 heterocycles. The Balaban J connectivity index is 2.67. The molecule has 0 aromatic heterocycles. The van der Waals surface area contributed by atoms with Crippen LogP contribution in [0.1, 0.15) is 29.2 Å². The van der Waals surface area contributed by atoms with Crippen molar-refractivity contribution in [3.05, 3.63) is 27.8 Å². The third-order valence-corrected chi connectivity index (χ3v) is 3.30. The summed E-state index contributed by atoms with van der Waals surface area (Å²) in [7, 11) is 0. The van der Waals surface area contributed by atoms with Crippen LogP contribution >= 0.6 is 11.6 Å². The van der Waals surface area contributed by atoms with E-state index in [2.05, 4.69) is 0 Å². The van der Waals surface area contributed by atoms with E-state index in [1.165, 1.54) is 5.56 Å². The largest absolute Gasteiger partial charge is 0.398 e. The molecule has 3 heteroatoms. The number of anilines is 1. The molecule has 0 saturated carbocycles. The van der Waals surface area contributed by atoms with Gasteiger partial charge in [-0.1, -0.05) is 11.6 Å². The molecule has 0 aliphatic heterocycles. The summed E-state index contributed by atoms with van der Waals surface area (Å²) in [6, 6.07) is 2.09. The van der Waals surface area contributed by atoms with Crippen LogP contribution in [0.2, 0.25) is 5.02 Å². The molecule has 13 heavy (non-hydrogen) atoms. The minimum absolute atomic E-state index is 0.121. The van der Waals surface area contributed by atoms with Crippen LogP contribution in [0.15, 0.2) is 6.07 Å². The van der Waals surface area contributed by atoms with Gasteiger partial charge in [0.25, 0.3) is 0 Å². The highest BCUT2D eigenvalue weighted by Gasteiger charge is 2.23. The topological polar surface area (TPSA) is 52.0 Å². The summed E-state index contributed by atoms with van der Waals surface area (Å²) < 4.78 is 0. The fraction of sp³-hybridized carbons (Fsp3) is 0.400. The van der Waals surface area contributed by atoms with Crippen LogP contribution in [-0.4, -0.2) is 0 Å². The molecule has 1 aliphatic rings. The first-order valence-corrected chi connectivity index (χ1v) is 4.82. The van der Waals surface area contributed by atoms with Gasteiger partial charge in [0.05, 0.1) is 0 Å². The van der Waals surface area contributed by atoms with Crippen LogP contribution < -0.4 is 11.5 Å². The van der Waals surface area contributed by atoms with Crippen LogP contribution in [0.25, 0.3) is 0 Å². The molecule has 2 rings (SSSR count). The Morgan fingerprint density at radius 2 is 2.23 bits per heavy atom. The summed E-state index contributed by atoms with van der Waals surface area (Å²) in [4.78, 5) is 0. The van der Waals surface area contributed by atoms with Crippen molar-refractivity contribution < 1.29 is 0 Å². The van der Waals surface area contributed by atoms with Crippen LogP contribution in [0, 0.1) is 6.92 Å². The van der Waals surface area contributed by atoms with Gasteiger partial charge in [-0.2, -0.15) is 0 Å². The van der Waals surface area contributed by atoms with Gasteiger partial charge >= 0.3 is 0 Å². The van der Waals surface area contributed by atoms with E-state index in [1.54, 1.807) is 0 Å². The zero-order chi connectivity index (χ0) is 9.59. The van der Waals surface area contributed by atoms with Crippen LogP contribution in [0.3, 0.4) is 0 Å². The summed E-state index contributed by atoms with van der Waals surface area (Å²) in [5, 5.41) is 0.808. The maximum Gasteiger partial charge on any atom is 0.0491 e. The van der Waals surface area contributed by atoms with E-state index in [9.17, 15) is 0 Å². The highest BCUT2D eigenvalue weighted by atomic mass is 35.5. The molecule has 1 aromatic carbocycles. The zero-order valence-electron chi connectivity index (χ0n) is 7.60. The maximum atomic E-state index is 6.17. The van der Waals surface area contributed by atoms with Crippen molar-refractivity contribution >= 4 is 17.3 Å².